The molecule has 0 fully saturated rings. The predicted octanol–water partition coefficient (Wildman–Crippen LogP) is 5.41. The second kappa shape index (κ2) is 8.15. The van der Waals surface area contributed by atoms with Gasteiger partial charge in [-0.2, -0.15) is 5.26 Å². The van der Waals surface area contributed by atoms with Gasteiger partial charge in [-0.05, 0) is 43.2 Å². The van der Waals surface area contributed by atoms with Gasteiger partial charge in [0, 0.05) is 11.3 Å². The summed E-state index contributed by atoms with van der Waals surface area (Å²) in [5.74, 6) is 0.206. The molecule has 0 aliphatic carbocycles. The summed E-state index contributed by atoms with van der Waals surface area (Å²) in [5.41, 5.74) is 5.44. The van der Waals surface area contributed by atoms with Crippen molar-refractivity contribution in [2.24, 2.45) is 0 Å². The van der Waals surface area contributed by atoms with E-state index >= 15 is 0 Å². The van der Waals surface area contributed by atoms with Gasteiger partial charge >= 0.3 is 0 Å². The van der Waals surface area contributed by atoms with E-state index in [1.807, 2.05) is 91.5 Å². The zero-order valence-electron chi connectivity index (χ0n) is 18.0. The van der Waals surface area contributed by atoms with Crippen LogP contribution in [-0.4, -0.2) is 11.1 Å². The monoisotopic (exact) mass is 452 g/mol. The van der Waals surface area contributed by atoms with Crippen molar-refractivity contribution in [3.63, 3.8) is 0 Å². The molecule has 4 aromatic rings. The summed E-state index contributed by atoms with van der Waals surface area (Å²) in [6.07, 6.45) is -0.562. The van der Waals surface area contributed by atoms with Crippen LogP contribution in [0.2, 0.25) is 0 Å². The second-order valence-electron chi connectivity index (χ2n) is 8.00. The van der Waals surface area contributed by atoms with Crippen molar-refractivity contribution >= 4 is 35.1 Å². The smallest absolute Gasteiger partial charge is 0.266 e. The number of aromatic nitrogens is 1. The van der Waals surface area contributed by atoms with Crippen LogP contribution < -0.4 is 10.2 Å². The Balaban J connectivity index is 1.67. The van der Waals surface area contributed by atoms with Gasteiger partial charge in [-0.25, -0.2) is 0 Å². The van der Waals surface area contributed by atoms with Crippen LogP contribution in [0.1, 0.15) is 22.9 Å². The molecular formula is C26H20N4O2S. The molecule has 7 heteroatoms. The molecule has 162 valence electrons. The van der Waals surface area contributed by atoms with Gasteiger partial charge in [0.2, 0.25) is 0 Å². The predicted molar refractivity (Wildman–Crippen MR) is 130 cm³/mol. The van der Waals surface area contributed by atoms with E-state index in [0.717, 1.165) is 38.8 Å². The van der Waals surface area contributed by atoms with Gasteiger partial charge in [0.25, 0.3) is 5.91 Å². The lowest BCUT2D eigenvalue weighted by Gasteiger charge is -2.38. The number of anilines is 1. The Kier molecular flexibility index (Phi) is 5.15. The molecule has 1 aromatic heterocycles. The maximum Gasteiger partial charge on any atom is 0.266 e. The number of para-hydroxylation sites is 1. The molecule has 0 spiro atoms. The van der Waals surface area contributed by atoms with Crippen LogP contribution in [0.25, 0.3) is 22.2 Å². The third kappa shape index (κ3) is 3.55. The maximum atomic E-state index is 12.7. The number of nitriles is 1. The Hall–Kier alpha value is -4.02. The largest absolute Gasteiger partial charge is 0.355 e. The van der Waals surface area contributed by atoms with E-state index in [0.29, 0.717) is 10.8 Å². The van der Waals surface area contributed by atoms with E-state index in [9.17, 15) is 10.1 Å². The molecule has 1 atom stereocenters. The molecule has 0 radical (unpaired) electrons. The summed E-state index contributed by atoms with van der Waals surface area (Å²) in [7, 11) is 0. The van der Waals surface area contributed by atoms with Crippen LogP contribution in [0.5, 0.6) is 0 Å². The number of amides is 1. The van der Waals surface area contributed by atoms with E-state index in [4.69, 9.17) is 4.52 Å². The van der Waals surface area contributed by atoms with Gasteiger partial charge in [0.15, 0.2) is 5.76 Å². The van der Waals surface area contributed by atoms with Gasteiger partial charge in [0.05, 0.1) is 10.4 Å². The number of hydrogen-bond donors (Lipinski definition) is 2. The highest BCUT2D eigenvalue weighted by Crippen LogP contribution is 2.39. The highest BCUT2D eigenvalue weighted by Gasteiger charge is 2.34. The number of rotatable bonds is 3. The number of thiol groups is 1. The van der Waals surface area contributed by atoms with Crippen LogP contribution in [0.3, 0.4) is 0 Å². The highest BCUT2D eigenvalue weighted by molar-refractivity contribution is 7.84. The van der Waals surface area contributed by atoms with Crippen LogP contribution in [-0.2, 0) is 4.79 Å². The summed E-state index contributed by atoms with van der Waals surface area (Å²) in [6, 6.07) is 23.6. The number of benzene rings is 3. The molecule has 0 bridgehead atoms. The van der Waals surface area contributed by atoms with E-state index in [1.54, 1.807) is 0 Å². The number of nitrogens with zero attached hydrogens (tertiary/aromatic N) is 3. The third-order valence-electron chi connectivity index (χ3n) is 5.82. The van der Waals surface area contributed by atoms with Crippen molar-refractivity contribution in [2.75, 3.05) is 4.90 Å². The van der Waals surface area contributed by atoms with Crippen LogP contribution in [0.4, 0.5) is 5.69 Å². The molecule has 6 nitrogen and oxygen atoms in total. The first-order valence-corrected chi connectivity index (χ1v) is 10.9. The van der Waals surface area contributed by atoms with Crippen molar-refractivity contribution in [3.8, 4) is 17.4 Å². The number of hydrogen-bond acceptors (Lipinski definition) is 6. The standard InChI is InChI=1S/C26H20N4O2S/c1-15-7-9-17(10-8-15)23-19-13-18(11-12-21(19)29-32-23)24-28-25(31)20(14-27)26(33)30(24)22-6-4-3-5-16(22)2/h3-13,24,33H,1-2H3,(H,28,31). The molecule has 5 rings (SSSR count). The fraction of sp³-hybridized carbons (Fsp3) is 0.115. The van der Waals surface area contributed by atoms with E-state index < -0.39 is 12.1 Å². The normalized spacial score (nSPS) is 16.1. The van der Waals surface area contributed by atoms with Crippen molar-refractivity contribution in [3.05, 3.63) is 94.0 Å². The minimum absolute atomic E-state index is 0.0239. The highest BCUT2D eigenvalue weighted by atomic mass is 32.1. The Morgan fingerprint density at radius 1 is 1.09 bits per heavy atom. The minimum atomic E-state index is -0.562. The fourth-order valence-electron chi connectivity index (χ4n) is 4.07. The van der Waals surface area contributed by atoms with E-state index in [-0.39, 0.29) is 5.57 Å². The molecule has 1 aliphatic heterocycles. The topological polar surface area (TPSA) is 82.2 Å². The lowest BCUT2D eigenvalue weighted by atomic mass is 10.0. The Labute approximate surface area is 196 Å². The summed E-state index contributed by atoms with van der Waals surface area (Å²) in [4.78, 5) is 14.6. The van der Waals surface area contributed by atoms with Gasteiger partial charge in [-0.15, -0.1) is 12.6 Å². The number of aryl methyl sites for hydroxylation is 2. The lowest BCUT2D eigenvalue weighted by molar-refractivity contribution is -0.118. The first kappa shape index (κ1) is 20.9. The summed E-state index contributed by atoms with van der Waals surface area (Å²) < 4.78 is 5.67. The zero-order chi connectivity index (χ0) is 23.1. The molecule has 1 N–H and O–H groups in total. The van der Waals surface area contributed by atoms with Gasteiger partial charge in [-0.1, -0.05) is 59.3 Å². The number of fused-ring (bicyclic) bond motifs is 1. The molecule has 1 unspecified atom stereocenters. The quantitative estimate of drug-likeness (QED) is 0.406. The molecular weight excluding hydrogens is 432 g/mol. The molecule has 1 aliphatic rings. The Bertz CT molecular complexity index is 1460. The lowest BCUT2D eigenvalue weighted by Crippen LogP contribution is -2.46. The van der Waals surface area contributed by atoms with Crippen molar-refractivity contribution in [1.82, 2.24) is 10.5 Å². The molecule has 1 amide bonds. The van der Waals surface area contributed by atoms with Gasteiger partial charge in [-0.3, -0.25) is 4.79 Å². The second-order valence-corrected chi connectivity index (χ2v) is 8.42. The van der Waals surface area contributed by atoms with Crippen molar-refractivity contribution < 1.29 is 9.32 Å². The molecule has 3 aromatic carbocycles. The minimum Gasteiger partial charge on any atom is -0.355 e. The summed E-state index contributed by atoms with van der Waals surface area (Å²) in [6.45, 7) is 4.01. The van der Waals surface area contributed by atoms with Crippen LogP contribution in [0, 0.1) is 25.2 Å². The maximum absolute atomic E-state index is 12.7. The van der Waals surface area contributed by atoms with Crippen LogP contribution >= 0.6 is 12.6 Å². The van der Waals surface area contributed by atoms with E-state index in [2.05, 4.69) is 23.1 Å². The van der Waals surface area contributed by atoms with Gasteiger partial charge in [0.1, 0.15) is 23.3 Å². The van der Waals surface area contributed by atoms with Crippen molar-refractivity contribution in [1.29, 1.82) is 5.26 Å². The molecule has 33 heavy (non-hydrogen) atoms. The summed E-state index contributed by atoms with van der Waals surface area (Å²) in [5, 5.41) is 17.9. The van der Waals surface area contributed by atoms with Crippen molar-refractivity contribution in [2.45, 2.75) is 20.0 Å². The number of carbonyl (C=O) groups excluding carboxylic acids is 1. The van der Waals surface area contributed by atoms with Crippen LogP contribution in [0.15, 0.2) is 81.9 Å². The average Bonchev–Trinajstić information content (AvgIpc) is 3.23. The first-order valence-electron chi connectivity index (χ1n) is 10.4. The third-order valence-corrected chi connectivity index (χ3v) is 6.26. The zero-order valence-corrected chi connectivity index (χ0v) is 18.9. The van der Waals surface area contributed by atoms with E-state index in [1.165, 1.54) is 0 Å². The number of nitrogens with one attached hydrogen (secondary N) is 1. The molecule has 2 heterocycles. The summed E-state index contributed by atoms with van der Waals surface area (Å²) >= 11 is 4.60. The Morgan fingerprint density at radius 3 is 2.58 bits per heavy atom. The average molecular weight is 453 g/mol. The van der Waals surface area contributed by atoms with Gasteiger partial charge < -0.3 is 14.7 Å². The molecule has 0 saturated carbocycles. The first-order chi connectivity index (χ1) is 16.0. The molecule has 0 saturated heterocycles. The Morgan fingerprint density at radius 2 is 1.85 bits per heavy atom. The fourth-order valence-corrected chi connectivity index (χ4v) is 4.44. The number of carbonyl (C=O) groups is 1. The SMILES string of the molecule is Cc1ccc(-c2onc3ccc(C4NC(=O)C(C#N)=C(S)N4c4ccccc4C)cc23)cc1.